The fraction of sp³-hybridized carbons (Fsp3) is 0.297. The molecule has 2 amide bonds. The number of furan rings is 1. The van der Waals surface area contributed by atoms with E-state index in [2.05, 4.69) is 15.6 Å². The van der Waals surface area contributed by atoms with Crippen LogP contribution in [0.25, 0.3) is 38.5 Å². The molecule has 2 aliphatic rings. The third-order valence-corrected chi connectivity index (χ3v) is 9.01. The van der Waals surface area contributed by atoms with Crippen LogP contribution in [0, 0.1) is 5.82 Å². The molecule has 50 heavy (non-hydrogen) atoms. The van der Waals surface area contributed by atoms with Gasteiger partial charge in [-0.3, -0.25) is 9.59 Å². The molecule has 1 atom stereocenters. The first-order valence-corrected chi connectivity index (χ1v) is 16.6. The molecule has 0 spiro atoms. The molecule has 13 heteroatoms. The van der Waals surface area contributed by atoms with Crippen molar-refractivity contribution in [1.29, 1.82) is 0 Å². The Bertz CT molecular complexity index is 2370. The molecular formula is C37H35FN6O6. The van der Waals surface area contributed by atoms with Crippen LogP contribution in [0.4, 0.5) is 14.9 Å². The molecule has 6 aromatic rings. The Kier molecular flexibility index (Phi) is 7.50. The molecule has 2 N–H and O–H groups in total. The van der Waals surface area contributed by atoms with E-state index in [-0.39, 0.29) is 28.4 Å². The molecule has 0 saturated carbocycles. The van der Waals surface area contributed by atoms with Gasteiger partial charge in [0.2, 0.25) is 5.43 Å². The Hall–Kier alpha value is -5.85. The highest BCUT2D eigenvalue weighted by atomic mass is 19.1. The number of amides is 2. The van der Waals surface area contributed by atoms with Crippen LogP contribution in [0.3, 0.4) is 0 Å². The number of carbonyl (C=O) groups excluding carboxylic acids is 2. The molecular weight excluding hydrogens is 643 g/mol. The topological polar surface area (TPSA) is 133 Å². The highest BCUT2D eigenvalue weighted by Crippen LogP contribution is 2.49. The van der Waals surface area contributed by atoms with E-state index in [1.165, 1.54) is 12.3 Å². The molecule has 1 unspecified atom stereocenters. The van der Waals surface area contributed by atoms with Crippen LogP contribution >= 0.6 is 0 Å². The van der Waals surface area contributed by atoms with Crippen LogP contribution in [0.1, 0.15) is 44.0 Å². The number of hydrogen-bond acceptors (Lipinski definition) is 8. The SMILES string of the molecule is CC(C)(C)OC(=O)NC1CCN(c2c(F)cc3c(=O)c(C(=O)NCCCn4ccnc4)cn4c3c2Oc2cc3c(cc2-4)oc2ccccc23)C1. The molecule has 1 saturated heterocycles. The van der Waals surface area contributed by atoms with E-state index >= 15 is 4.39 Å². The lowest BCUT2D eigenvalue weighted by atomic mass is 10.0. The fourth-order valence-electron chi connectivity index (χ4n) is 6.81. The number of para-hydroxylation sites is 1. The van der Waals surface area contributed by atoms with Crippen molar-refractivity contribution in [2.75, 3.05) is 24.5 Å². The van der Waals surface area contributed by atoms with Gasteiger partial charge in [-0.1, -0.05) is 18.2 Å². The summed E-state index contributed by atoms with van der Waals surface area (Å²) in [5.74, 6) is -0.680. The summed E-state index contributed by atoms with van der Waals surface area (Å²) >= 11 is 0. The second-order valence-corrected chi connectivity index (χ2v) is 13.7. The second kappa shape index (κ2) is 11.9. The maximum atomic E-state index is 16.4. The number of nitrogens with zero attached hydrogens (tertiary/aromatic N) is 4. The summed E-state index contributed by atoms with van der Waals surface area (Å²) in [4.78, 5) is 45.8. The molecule has 256 valence electrons. The summed E-state index contributed by atoms with van der Waals surface area (Å²) in [6.45, 7) is 7.03. The van der Waals surface area contributed by atoms with Crippen molar-refractivity contribution in [2.45, 2.75) is 51.8 Å². The molecule has 0 radical (unpaired) electrons. The summed E-state index contributed by atoms with van der Waals surface area (Å²) in [6.07, 6.45) is 7.32. The molecule has 3 aromatic heterocycles. The van der Waals surface area contributed by atoms with Crippen molar-refractivity contribution < 1.29 is 27.9 Å². The number of halogens is 1. The number of aromatic nitrogens is 3. The number of imidazole rings is 1. The maximum Gasteiger partial charge on any atom is 0.407 e. The number of fused-ring (bicyclic) bond motifs is 5. The first-order chi connectivity index (χ1) is 24.0. The Morgan fingerprint density at radius 3 is 2.74 bits per heavy atom. The minimum atomic E-state index is -0.676. The van der Waals surface area contributed by atoms with Gasteiger partial charge in [-0.25, -0.2) is 14.2 Å². The molecule has 0 bridgehead atoms. The van der Waals surface area contributed by atoms with Gasteiger partial charge in [-0.15, -0.1) is 0 Å². The van der Waals surface area contributed by atoms with Gasteiger partial charge in [-0.05, 0) is 51.8 Å². The summed E-state index contributed by atoms with van der Waals surface area (Å²) in [5.41, 5.74) is 0.906. The largest absolute Gasteiger partial charge is 0.456 e. The minimum Gasteiger partial charge on any atom is -0.456 e. The number of anilines is 1. The van der Waals surface area contributed by atoms with E-state index in [4.69, 9.17) is 13.9 Å². The van der Waals surface area contributed by atoms with Gasteiger partial charge in [0.15, 0.2) is 17.3 Å². The Labute approximate surface area is 285 Å². The summed E-state index contributed by atoms with van der Waals surface area (Å²) in [6, 6.07) is 12.1. The van der Waals surface area contributed by atoms with Crippen molar-refractivity contribution in [3.63, 3.8) is 0 Å². The van der Waals surface area contributed by atoms with Crippen LogP contribution in [0.5, 0.6) is 11.5 Å². The molecule has 0 aliphatic carbocycles. The zero-order chi connectivity index (χ0) is 34.7. The number of carbonyl (C=O) groups is 2. The first-order valence-electron chi connectivity index (χ1n) is 16.6. The quantitative estimate of drug-likeness (QED) is 0.189. The number of alkyl carbamates (subject to hydrolysis) is 1. The number of aryl methyl sites for hydroxylation is 1. The monoisotopic (exact) mass is 678 g/mol. The van der Waals surface area contributed by atoms with Crippen molar-refractivity contribution in [1.82, 2.24) is 24.8 Å². The molecule has 3 aromatic carbocycles. The van der Waals surface area contributed by atoms with E-state index in [1.807, 2.05) is 47.2 Å². The zero-order valence-electron chi connectivity index (χ0n) is 27.8. The lowest BCUT2D eigenvalue weighted by molar-refractivity contribution is 0.0508. The molecule has 1 fully saturated rings. The third-order valence-electron chi connectivity index (χ3n) is 9.01. The number of pyridine rings is 1. The minimum absolute atomic E-state index is 0.00490. The maximum absolute atomic E-state index is 16.4. The lowest BCUT2D eigenvalue weighted by Gasteiger charge is -2.29. The van der Waals surface area contributed by atoms with Gasteiger partial charge >= 0.3 is 6.09 Å². The predicted molar refractivity (Wildman–Crippen MR) is 186 cm³/mol. The van der Waals surface area contributed by atoms with E-state index < -0.39 is 28.8 Å². The van der Waals surface area contributed by atoms with E-state index in [9.17, 15) is 14.4 Å². The summed E-state index contributed by atoms with van der Waals surface area (Å²) in [5, 5.41) is 7.42. The van der Waals surface area contributed by atoms with Gasteiger partial charge in [0.05, 0.1) is 23.4 Å². The summed E-state index contributed by atoms with van der Waals surface area (Å²) < 4.78 is 38.1. The van der Waals surface area contributed by atoms with Gasteiger partial charge < -0.3 is 38.6 Å². The number of ether oxygens (including phenoxy) is 2. The fourth-order valence-corrected chi connectivity index (χ4v) is 6.81. The summed E-state index contributed by atoms with van der Waals surface area (Å²) in [7, 11) is 0. The van der Waals surface area contributed by atoms with Crippen LogP contribution in [0.15, 0.2) is 76.6 Å². The van der Waals surface area contributed by atoms with Crippen molar-refractivity contribution in [3.8, 4) is 17.2 Å². The Morgan fingerprint density at radius 2 is 1.94 bits per heavy atom. The Morgan fingerprint density at radius 1 is 1.10 bits per heavy atom. The van der Waals surface area contributed by atoms with Gasteiger partial charge in [0.25, 0.3) is 5.91 Å². The van der Waals surface area contributed by atoms with Crippen LogP contribution in [-0.4, -0.2) is 57.4 Å². The second-order valence-electron chi connectivity index (χ2n) is 13.7. The molecule has 8 rings (SSSR count). The smallest absolute Gasteiger partial charge is 0.407 e. The van der Waals surface area contributed by atoms with E-state index in [0.29, 0.717) is 67.1 Å². The molecule has 5 heterocycles. The lowest BCUT2D eigenvalue weighted by Crippen LogP contribution is -2.40. The van der Waals surface area contributed by atoms with E-state index in [0.717, 1.165) is 10.8 Å². The number of nitrogens with one attached hydrogen (secondary N) is 2. The van der Waals surface area contributed by atoms with Crippen molar-refractivity contribution >= 4 is 50.5 Å². The highest BCUT2D eigenvalue weighted by Gasteiger charge is 2.35. The Balaban J connectivity index is 1.21. The average molecular weight is 679 g/mol. The third kappa shape index (κ3) is 5.57. The van der Waals surface area contributed by atoms with Crippen molar-refractivity contribution in [2.24, 2.45) is 0 Å². The van der Waals surface area contributed by atoms with Crippen molar-refractivity contribution in [3.05, 3.63) is 89.0 Å². The zero-order valence-corrected chi connectivity index (χ0v) is 27.8. The van der Waals surface area contributed by atoms with Gasteiger partial charge in [0, 0.05) is 61.6 Å². The van der Waals surface area contributed by atoms with Crippen LogP contribution in [0.2, 0.25) is 0 Å². The highest BCUT2D eigenvalue weighted by molar-refractivity contribution is 6.07. The predicted octanol–water partition coefficient (Wildman–Crippen LogP) is 6.25. The van der Waals surface area contributed by atoms with E-state index in [1.54, 1.807) is 42.8 Å². The first kappa shape index (κ1) is 31.4. The molecule has 2 aliphatic heterocycles. The van der Waals surface area contributed by atoms with Gasteiger partial charge in [-0.2, -0.15) is 0 Å². The number of benzene rings is 3. The van der Waals surface area contributed by atoms with Gasteiger partial charge in [0.1, 0.15) is 33.5 Å². The standard InChI is InChI=1S/C37H35FN6O6/c1-37(2,3)50-36(47)41-21-9-13-43(18-21)32-26(38)15-24-31-34(32)49-30-16-23-22-7-4-5-8-28(22)48-29(23)17-27(30)44(31)19-25(33(24)45)35(46)40-10-6-12-42-14-11-39-20-42/h4-5,7-8,11,14-17,19-21H,6,9-10,12-13,18H2,1-3H3,(H,40,46)(H,41,47). The molecule has 12 nitrogen and oxygen atoms in total. The average Bonchev–Trinajstić information content (AvgIpc) is 3.83. The van der Waals surface area contributed by atoms with Crippen LogP contribution < -0.4 is 25.7 Å². The van der Waals surface area contributed by atoms with Crippen LogP contribution in [-0.2, 0) is 11.3 Å². The number of rotatable bonds is 7. The number of hydrogen-bond donors (Lipinski definition) is 2. The normalized spacial score (nSPS) is 15.4.